The van der Waals surface area contributed by atoms with E-state index >= 15 is 0 Å². The number of hydrogen-bond donors (Lipinski definition) is 1. The molecule has 1 fully saturated rings. The average Bonchev–Trinajstić information content (AvgIpc) is 3.03. The molecule has 1 aromatic carbocycles. The number of fused-ring (bicyclic) bond motifs is 4. The van der Waals surface area contributed by atoms with Gasteiger partial charge in [0.05, 0.1) is 24.0 Å². The van der Waals surface area contributed by atoms with Crippen LogP contribution in [0.25, 0.3) is 6.08 Å². The van der Waals surface area contributed by atoms with Crippen LogP contribution in [-0.4, -0.2) is 48.1 Å². The summed E-state index contributed by atoms with van der Waals surface area (Å²) in [5.41, 5.74) is 1.42. The van der Waals surface area contributed by atoms with Crippen LogP contribution in [0.3, 0.4) is 0 Å². The number of aliphatic hydroxyl groups is 1. The van der Waals surface area contributed by atoms with Gasteiger partial charge < -0.3 is 14.4 Å². The number of benzene rings is 1. The van der Waals surface area contributed by atoms with Gasteiger partial charge in [0.1, 0.15) is 0 Å². The fourth-order valence-electron chi connectivity index (χ4n) is 5.01. The molecular weight excluding hydrogens is 432 g/mol. The Kier molecular flexibility index (Phi) is 5.83. The molecule has 1 saturated heterocycles. The maximum atomic E-state index is 13.8. The first-order valence-corrected chi connectivity index (χ1v) is 11.9. The molecule has 1 N–H and O–H groups in total. The van der Waals surface area contributed by atoms with E-state index in [0.717, 1.165) is 5.56 Å². The number of sulfonamides is 1. The number of carbonyl (C=O) groups is 1. The number of pyridine rings is 1. The molecule has 0 aliphatic carbocycles. The number of ether oxygens (including phenoxy) is 1. The highest BCUT2D eigenvalue weighted by atomic mass is 32.2. The highest BCUT2D eigenvalue weighted by Crippen LogP contribution is 2.51. The summed E-state index contributed by atoms with van der Waals surface area (Å²) in [5.74, 6) is -2.26. The van der Waals surface area contributed by atoms with E-state index in [1.807, 2.05) is 0 Å². The van der Waals surface area contributed by atoms with E-state index in [2.05, 4.69) is 0 Å². The molecule has 4 atom stereocenters. The van der Waals surface area contributed by atoms with Crippen LogP contribution in [0.1, 0.15) is 29.8 Å². The number of aliphatic hydroxyl groups excluding tert-OH is 1. The topological polar surface area (TPSA) is 106 Å². The van der Waals surface area contributed by atoms with Crippen molar-refractivity contribution in [2.75, 3.05) is 13.7 Å². The molecule has 1 aromatic heterocycles. The summed E-state index contributed by atoms with van der Waals surface area (Å²) in [4.78, 5) is 26.0. The lowest BCUT2D eigenvalue weighted by atomic mass is 9.87. The molecule has 2 aliphatic rings. The Labute approximate surface area is 186 Å². The number of nitrogens with zero attached hydrogens (tertiary/aromatic N) is 2. The van der Waals surface area contributed by atoms with Gasteiger partial charge in [0, 0.05) is 36.4 Å². The van der Waals surface area contributed by atoms with Gasteiger partial charge in [-0.1, -0.05) is 24.3 Å². The monoisotopic (exact) mass is 458 g/mol. The molecule has 2 aliphatic heterocycles. The second-order valence-electron chi connectivity index (χ2n) is 8.19. The molecule has 0 unspecified atom stereocenters. The zero-order valence-electron chi connectivity index (χ0n) is 18.1. The Morgan fingerprint density at radius 3 is 2.66 bits per heavy atom. The Morgan fingerprint density at radius 1 is 1.28 bits per heavy atom. The van der Waals surface area contributed by atoms with Crippen LogP contribution in [0.2, 0.25) is 0 Å². The van der Waals surface area contributed by atoms with Gasteiger partial charge in [0.25, 0.3) is 5.56 Å². The SMILES string of the molecule is C/C=C\c1ccc2n(c1=O)C[C@H]1[C@H](CO)[C@@H](C(=O)OC)[C@@H]2N1S(=O)(=O)c1cccc(C)c1. The summed E-state index contributed by atoms with van der Waals surface area (Å²) >= 11 is 0. The molecule has 4 rings (SSSR count). The number of hydrogen-bond acceptors (Lipinski definition) is 6. The number of carbonyl (C=O) groups excluding carboxylic acids is 1. The van der Waals surface area contributed by atoms with Crippen LogP contribution in [-0.2, 0) is 26.1 Å². The molecule has 0 radical (unpaired) electrons. The van der Waals surface area contributed by atoms with Gasteiger partial charge in [-0.25, -0.2) is 8.42 Å². The molecule has 2 bridgehead atoms. The normalized spacial score (nSPS) is 25.1. The Bertz CT molecular complexity index is 1250. The van der Waals surface area contributed by atoms with E-state index in [1.165, 1.54) is 22.0 Å². The van der Waals surface area contributed by atoms with Gasteiger partial charge in [-0.05, 0) is 43.7 Å². The molecule has 32 heavy (non-hydrogen) atoms. The van der Waals surface area contributed by atoms with Gasteiger partial charge >= 0.3 is 5.97 Å². The molecular formula is C23H26N2O6S. The molecule has 0 saturated carbocycles. The van der Waals surface area contributed by atoms with E-state index in [9.17, 15) is 23.1 Å². The van der Waals surface area contributed by atoms with Crippen molar-refractivity contribution in [3.8, 4) is 0 Å². The lowest BCUT2D eigenvalue weighted by Crippen LogP contribution is -2.49. The lowest BCUT2D eigenvalue weighted by molar-refractivity contribution is -0.148. The average molecular weight is 459 g/mol. The van der Waals surface area contributed by atoms with Crippen molar-refractivity contribution < 1.29 is 23.1 Å². The number of aryl methyl sites for hydroxylation is 1. The number of aromatic nitrogens is 1. The largest absolute Gasteiger partial charge is 0.469 e. The summed E-state index contributed by atoms with van der Waals surface area (Å²) in [5, 5.41) is 10.2. The predicted molar refractivity (Wildman–Crippen MR) is 118 cm³/mol. The van der Waals surface area contributed by atoms with E-state index < -0.39 is 46.5 Å². The van der Waals surface area contributed by atoms with Gasteiger partial charge in [0.2, 0.25) is 10.0 Å². The van der Waals surface area contributed by atoms with Crippen LogP contribution >= 0.6 is 0 Å². The highest BCUT2D eigenvalue weighted by molar-refractivity contribution is 7.89. The molecule has 8 nitrogen and oxygen atoms in total. The summed E-state index contributed by atoms with van der Waals surface area (Å²) < 4.78 is 35.4. The second kappa shape index (κ2) is 8.31. The summed E-state index contributed by atoms with van der Waals surface area (Å²) in [6.07, 6.45) is 3.44. The van der Waals surface area contributed by atoms with Crippen LogP contribution < -0.4 is 5.56 Å². The van der Waals surface area contributed by atoms with Gasteiger partial charge in [-0.15, -0.1) is 0 Å². The zero-order valence-corrected chi connectivity index (χ0v) is 19.0. The smallest absolute Gasteiger partial charge is 0.311 e. The fourth-order valence-corrected chi connectivity index (χ4v) is 6.95. The minimum absolute atomic E-state index is 0.0415. The van der Waals surface area contributed by atoms with Crippen molar-refractivity contribution in [3.05, 3.63) is 69.6 Å². The van der Waals surface area contributed by atoms with E-state index in [-0.39, 0.29) is 17.0 Å². The molecule has 0 amide bonds. The summed E-state index contributed by atoms with van der Waals surface area (Å²) in [6, 6.07) is 8.14. The quantitative estimate of drug-likeness (QED) is 0.684. The van der Waals surface area contributed by atoms with Crippen LogP contribution in [0.4, 0.5) is 0 Å². The van der Waals surface area contributed by atoms with Crippen molar-refractivity contribution in [1.82, 2.24) is 8.87 Å². The zero-order chi connectivity index (χ0) is 23.2. The molecule has 9 heteroatoms. The maximum absolute atomic E-state index is 13.8. The molecule has 3 heterocycles. The highest BCUT2D eigenvalue weighted by Gasteiger charge is 2.60. The van der Waals surface area contributed by atoms with E-state index in [4.69, 9.17) is 4.74 Å². The number of methoxy groups -OCH3 is 1. The molecule has 2 aromatic rings. The van der Waals surface area contributed by atoms with Crippen LogP contribution in [0.5, 0.6) is 0 Å². The van der Waals surface area contributed by atoms with Gasteiger partial charge in [-0.2, -0.15) is 4.31 Å². The van der Waals surface area contributed by atoms with Crippen LogP contribution in [0.15, 0.2) is 52.2 Å². The van der Waals surface area contributed by atoms with Crippen molar-refractivity contribution >= 4 is 22.1 Å². The van der Waals surface area contributed by atoms with Crippen molar-refractivity contribution in [2.45, 2.75) is 37.4 Å². The number of allylic oxidation sites excluding steroid dienone is 1. The Hall–Kier alpha value is -2.75. The van der Waals surface area contributed by atoms with Crippen LogP contribution in [0, 0.1) is 18.8 Å². The number of esters is 1. The lowest BCUT2D eigenvalue weighted by Gasteiger charge is -2.37. The first-order valence-electron chi connectivity index (χ1n) is 10.4. The van der Waals surface area contributed by atoms with Crippen molar-refractivity contribution in [3.63, 3.8) is 0 Å². The maximum Gasteiger partial charge on any atom is 0.311 e. The van der Waals surface area contributed by atoms with Crippen molar-refractivity contribution in [2.24, 2.45) is 11.8 Å². The summed E-state index contributed by atoms with van der Waals surface area (Å²) in [7, 11) is -2.79. The third-order valence-electron chi connectivity index (χ3n) is 6.40. The molecule has 170 valence electrons. The predicted octanol–water partition coefficient (Wildman–Crippen LogP) is 1.72. The first kappa shape index (κ1) is 22.4. The van der Waals surface area contributed by atoms with Gasteiger partial charge in [0.15, 0.2) is 0 Å². The first-order chi connectivity index (χ1) is 15.3. The minimum atomic E-state index is -4.03. The third kappa shape index (κ3) is 3.32. The Morgan fingerprint density at radius 2 is 2.03 bits per heavy atom. The molecule has 0 spiro atoms. The van der Waals surface area contributed by atoms with E-state index in [1.54, 1.807) is 56.3 Å². The van der Waals surface area contributed by atoms with E-state index in [0.29, 0.717) is 11.3 Å². The summed E-state index contributed by atoms with van der Waals surface area (Å²) in [6.45, 7) is 3.23. The Balaban J connectivity index is 1.96. The third-order valence-corrected chi connectivity index (χ3v) is 8.30. The second-order valence-corrected chi connectivity index (χ2v) is 10.0. The number of rotatable bonds is 5. The standard InChI is InChI=1S/C23H26N2O6S/c1-4-6-15-9-10-18-21-20(23(28)31-3)17(13-26)19(12-24(18)22(15)27)25(21)32(29,30)16-8-5-7-14(2)11-16/h4-11,17,19-21,26H,12-13H2,1-3H3/b6-4-/t17-,19-,20+,21+/m0/s1. The van der Waals surface area contributed by atoms with Crippen molar-refractivity contribution in [1.29, 1.82) is 0 Å². The van der Waals surface area contributed by atoms with Gasteiger partial charge in [-0.3, -0.25) is 9.59 Å². The minimum Gasteiger partial charge on any atom is -0.469 e. The fraction of sp³-hybridized carbons (Fsp3) is 0.391.